The second-order valence-corrected chi connectivity index (χ2v) is 15.7. The molecule has 2 aliphatic carbocycles. The fraction of sp³-hybridized carbons (Fsp3) is 0.0175. The highest BCUT2D eigenvalue weighted by atomic mass is 15.2. The summed E-state index contributed by atoms with van der Waals surface area (Å²) in [5.41, 5.74) is 14.8. The Morgan fingerprint density at radius 1 is 0.333 bits per heavy atom. The first-order chi connectivity index (χ1) is 31.1. The van der Waals surface area contributed by atoms with Crippen molar-refractivity contribution in [3.05, 3.63) is 239 Å². The maximum absolute atomic E-state index is 10.6. The fourth-order valence-electron chi connectivity index (χ4n) is 10.1. The summed E-state index contributed by atoms with van der Waals surface area (Å²) in [5, 5.41) is 43.2. The zero-order valence-corrected chi connectivity index (χ0v) is 33.7. The van der Waals surface area contributed by atoms with Crippen molar-refractivity contribution < 1.29 is 0 Å². The number of nitrogens with zero attached hydrogens (tertiary/aromatic N) is 6. The molecule has 0 radical (unpaired) electrons. The van der Waals surface area contributed by atoms with Gasteiger partial charge < -0.3 is 9.80 Å². The Morgan fingerprint density at radius 2 is 0.841 bits per heavy atom. The van der Waals surface area contributed by atoms with E-state index in [1.165, 1.54) is 0 Å². The van der Waals surface area contributed by atoms with Gasteiger partial charge in [-0.25, -0.2) is 0 Å². The number of anilines is 6. The number of para-hydroxylation sites is 2. The van der Waals surface area contributed by atoms with E-state index in [9.17, 15) is 21.0 Å². The molecule has 6 nitrogen and oxygen atoms in total. The van der Waals surface area contributed by atoms with Gasteiger partial charge in [-0.05, 0) is 129 Å². The van der Waals surface area contributed by atoms with Crippen LogP contribution in [0.15, 0.2) is 194 Å². The molecule has 9 aromatic carbocycles. The van der Waals surface area contributed by atoms with E-state index in [-0.39, 0.29) is 0 Å². The summed E-state index contributed by atoms with van der Waals surface area (Å²) in [6.07, 6.45) is 0. The summed E-state index contributed by atoms with van der Waals surface area (Å²) >= 11 is 0. The lowest BCUT2D eigenvalue weighted by molar-refractivity contribution is 0.794. The standard InChI is InChI=1S/C57H32N6/c58-33-37-13-11-17-41(29-37)62(53-25-9-1-15-39(53)35-60)43-27-28-48-51(31-43)57(49-23-7-5-19-44(49)45-20-6-8-24-50(45)57)52-32-55(46-21-3-4-22-47(46)56(48)52)63(42-18-12-14-38(30-42)34-59)54-26-10-2-16-40(54)36-61/h1-32H. The van der Waals surface area contributed by atoms with Gasteiger partial charge in [0.1, 0.15) is 12.1 Å². The second kappa shape index (κ2) is 14.5. The molecule has 0 N–H and O–H groups in total. The van der Waals surface area contributed by atoms with E-state index in [2.05, 4.69) is 125 Å². The zero-order valence-electron chi connectivity index (χ0n) is 33.7. The highest BCUT2D eigenvalue weighted by molar-refractivity contribution is 6.12. The van der Waals surface area contributed by atoms with Crippen LogP contribution in [0.4, 0.5) is 34.1 Å². The van der Waals surface area contributed by atoms with Crippen molar-refractivity contribution in [2.45, 2.75) is 5.41 Å². The lowest BCUT2D eigenvalue weighted by Gasteiger charge is -2.34. The molecule has 1 spiro atoms. The number of hydrogen-bond donors (Lipinski definition) is 0. The van der Waals surface area contributed by atoms with Gasteiger partial charge in [-0.1, -0.05) is 115 Å². The van der Waals surface area contributed by atoms with Gasteiger partial charge in [0, 0.05) is 22.4 Å². The Bertz CT molecular complexity index is 3510. The van der Waals surface area contributed by atoms with Crippen molar-refractivity contribution >= 4 is 44.9 Å². The lowest BCUT2D eigenvalue weighted by atomic mass is 9.70. The molecule has 0 bridgehead atoms. The molecule has 11 rings (SSSR count). The van der Waals surface area contributed by atoms with E-state index in [0.717, 1.165) is 78.0 Å². The van der Waals surface area contributed by atoms with Crippen LogP contribution in [0, 0.1) is 45.3 Å². The van der Waals surface area contributed by atoms with Crippen molar-refractivity contribution in [3.63, 3.8) is 0 Å². The Balaban J connectivity index is 1.28. The van der Waals surface area contributed by atoms with Gasteiger partial charge in [0.2, 0.25) is 0 Å². The first-order valence-electron chi connectivity index (χ1n) is 20.6. The first-order valence-corrected chi connectivity index (χ1v) is 20.6. The van der Waals surface area contributed by atoms with E-state index >= 15 is 0 Å². The molecule has 0 saturated heterocycles. The molecule has 0 fully saturated rings. The van der Waals surface area contributed by atoms with Crippen LogP contribution >= 0.6 is 0 Å². The maximum Gasteiger partial charge on any atom is 0.101 e. The Labute approximate surface area is 364 Å². The topological polar surface area (TPSA) is 102 Å². The van der Waals surface area contributed by atoms with Gasteiger partial charge in [-0.15, -0.1) is 0 Å². The molecule has 0 atom stereocenters. The minimum absolute atomic E-state index is 0.502. The Morgan fingerprint density at radius 3 is 1.44 bits per heavy atom. The molecule has 63 heavy (non-hydrogen) atoms. The minimum atomic E-state index is -0.809. The Hall–Kier alpha value is -9.20. The molecule has 0 unspecified atom stereocenters. The largest absolute Gasteiger partial charge is 0.309 e. The summed E-state index contributed by atoms with van der Waals surface area (Å²) in [6.45, 7) is 0. The van der Waals surface area contributed by atoms with Crippen molar-refractivity contribution in [3.8, 4) is 46.5 Å². The van der Waals surface area contributed by atoms with E-state index in [1.54, 1.807) is 12.1 Å². The summed E-state index contributed by atoms with van der Waals surface area (Å²) < 4.78 is 0. The van der Waals surface area contributed by atoms with Gasteiger partial charge >= 0.3 is 0 Å². The quantitative estimate of drug-likeness (QED) is 0.166. The SMILES string of the molecule is N#Cc1cccc(N(c2ccc3c(c2)C2(c4ccccc4-c4ccccc42)c2cc(N(c4cccc(C#N)c4)c4ccccc4C#N)c4ccccc4c2-3)c2ccccc2C#N)c1. The highest BCUT2D eigenvalue weighted by Gasteiger charge is 2.52. The molecular weight excluding hydrogens is 769 g/mol. The number of rotatable bonds is 6. The maximum atomic E-state index is 10.6. The smallest absolute Gasteiger partial charge is 0.101 e. The van der Waals surface area contributed by atoms with Crippen molar-refractivity contribution in [1.29, 1.82) is 21.0 Å². The molecular formula is C57H32N6. The molecule has 0 amide bonds. The van der Waals surface area contributed by atoms with Crippen LogP contribution in [-0.2, 0) is 5.41 Å². The number of nitriles is 4. The first kappa shape index (κ1) is 36.8. The van der Waals surface area contributed by atoms with Gasteiger partial charge in [-0.2, -0.15) is 21.0 Å². The molecule has 2 aliphatic rings. The van der Waals surface area contributed by atoms with Crippen molar-refractivity contribution in [1.82, 2.24) is 0 Å². The number of benzene rings is 9. The molecule has 0 saturated carbocycles. The van der Waals surface area contributed by atoms with E-state index in [0.29, 0.717) is 33.6 Å². The van der Waals surface area contributed by atoms with Crippen LogP contribution in [-0.4, -0.2) is 0 Å². The third kappa shape index (κ3) is 5.40. The van der Waals surface area contributed by atoms with Gasteiger partial charge in [0.15, 0.2) is 0 Å². The fourth-order valence-corrected chi connectivity index (χ4v) is 10.1. The molecule has 9 aromatic rings. The number of hydrogen-bond acceptors (Lipinski definition) is 6. The van der Waals surface area contributed by atoms with Gasteiger partial charge in [0.05, 0.1) is 56.9 Å². The van der Waals surface area contributed by atoms with E-state index in [1.807, 2.05) is 91.0 Å². The summed E-state index contributed by atoms with van der Waals surface area (Å²) in [7, 11) is 0. The lowest BCUT2D eigenvalue weighted by Crippen LogP contribution is -2.26. The van der Waals surface area contributed by atoms with E-state index in [4.69, 9.17) is 0 Å². The second-order valence-electron chi connectivity index (χ2n) is 15.7. The summed E-state index contributed by atoms with van der Waals surface area (Å²) in [5.74, 6) is 0. The predicted octanol–water partition coefficient (Wildman–Crippen LogP) is 13.6. The minimum Gasteiger partial charge on any atom is -0.309 e. The molecule has 0 aromatic heterocycles. The zero-order chi connectivity index (χ0) is 42.7. The molecule has 0 heterocycles. The van der Waals surface area contributed by atoms with Gasteiger partial charge in [0.25, 0.3) is 0 Å². The highest BCUT2D eigenvalue weighted by Crippen LogP contribution is 2.65. The van der Waals surface area contributed by atoms with Crippen LogP contribution in [0.2, 0.25) is 0 Å². The van der Waals surface area contributed by atoms with Crippen LogP contribution in [0.25, 0.3) is 33.0 Å². The van der Waals surface area contributed by atoms with Crippen LogP contribution in [0.5, 0.6) is 0 Å². The Kier molecular flexibility index (Phi) is 8.49. The molecule has 6 heteroatoms. The van der Waals surface area contributed by atoms with Crippen molar-refractivity contribution in [2.24, 2.45) is 0 Å². The summed E-state index contributed by atoms with van der Waals surface area (Å²) in [4.78, 5) is 4.20. The molecule has 0 aliphatic heterocycles. The number of fused-ring (bicyclic) bond motifs is 12. The third-order valence-corrected chi connectivity index (χ3v) is 12.6. The third-order valence-electron chi connectivity index (χ3n) is 12.6. The average Bonchev–Trinajstić information content (AvgIpc) is 3.81. The normalized spacial score (nSPS) is 12.2. The van der Waals surface area contributed by atoms with Crippen LogP contribution < -0.4 is 9.80 Å². The van der Waals surface area contributed by atoms with Crippen molar-refractivity contribution in [2.75, 3.05) is 9.80 Å². The monoisotopic (exact) mass is 800 g/mol. The van der Waals surface area contributed by atoms with Crippen LogP contribution in [0.3, 0.4) is 0 Å². The summed E-state index contributed by atoms with van der Waals surface area (Å²) in [6, 6.07) is 74.4. The van der Waals surface area contributed by atoms with Crippen LogP contribution in [0.1, 0.15) is 44.5 Å². The molecule has 290 valence electrons. The average molecular weight is 801 g/mol. The van der Waals surface area contributed by atoms with E-state index < -0.39 is 5.41 Å². The van der Waals surface area contributed by atoms with Gasteiger partial charge in [-0.3, -0.25) is 0 Å². The predicted molar refractivity (Wildman–Crippen MR) is 248 cm³/mol.